The molecule has 2 unspecified atom stereocenters. The Morgan fingerprint density at radius 1 is 1.37 bits per heavy atom. The largest absolute Gasteiger partial charge is 0.396 e. The van der Waals surface area contributed by atoms with Crippen LogP contribution in [-0.4, -0.2) is 23.7 Å². The zero-order valence-electron chi connectivity index (χ0n) is 10.7. The summed E-state index contributed by atoms with van der Waals surface area (Å²) < 4.78 is 26.7. The van der Waals surface area contributed by atoms with Crippen molar-refractivity contribution in [3.8, 4) is 0 Å². The Hall–Kier alpha value is -1.49. The van der Waals surface area contributed by atoms with E-state index in [0.29, 0.717) is 0 Å². The summed E-state index contributed by atoms with van der Waals surface area (Å²) in [6.45, 7) is 1.49. The van der Waals surface area contributed by atoms with Gasteiger partial charge in [-0.05, 0) is 31.4 Å². The highest BCUT2D eigenvalue weighted by molar-refractivity contribution is 5.94. The second-order valence-electron chi connectivity index (χ2n) is 5.03. The maximum Gasteiger partial charge on any atom is 0.254 e. The van der Waals surface area contributed by atoms with Crippen LogP contribution in [0, 0.1) is 24.5 Å². The molecule has 1 aliphatic rings. The van der Waals surface area contributed by atoms with Crippen LogP contribution in [0.25, 0.3) is 0 Å². The van der Waals surface area contributed by atoms with Crippen molar-refractivity contribution in [2.24, 2.45) is 5.92 Å². The fourth-order valence-electron chi connectivity index (χ4n) is 2.52. The van der Waals surface area contributed by atoms with Crippen molar-refractivity contribution in [3.63, 3.8) is 0 Å². The molecule has 0 spiro atoms. The molecule has 1 aliphatic carbocycles. The van der Waals surface area contributed by atoms with Crippen molar-refractivity contribution < 1.29 is 18.7 Å². The van der Waals surface area contributed by atoms with Gasteiger partial charge >= 0.3 is 0 Å². The van der Waals surface area contributed by atoms with E-state index < -0.39 is 17.5 Å². The number of carbonyl (C=O) groups is 1. The number of aliphatic hydroxyl groups is 1. The van der Waals surface area contributed by atoms with Crippen molar-refractivity contribution in [1.29, 1.82) is 0 Å². The quantitative estimate of drug-likeness (QED) is 0.883. The van der Waals surface area contributed by atoms with E-state index in [1.54, 1.807) is 0 Å². The molecule has 2 N–H and O–H groups in total. The van der Waals surface area contributed by atoms with Crippen LogP contribution in [0.1, 0.15) is 35.2 Å². The van der Waals surface area contributed by atoms with E-state index in [4.69, 9.17) is 0 Å². The fourth-order valence-corrected chi connectivity index (χ4v) is 2.52. The lowest BCUT2D eigenvalue weighted by Gasteiger charge is -2.19. The summed E-state index contributed by atoms with van der Waals surface area (Å²) in [6, 6.07) is 1.80. The molecule has 19 heavy (non-hydrogen) atoms. The van der Waals surface area contributed by atoms with Gasteiger partial charge in [0.05, 0.1) is 5.56 Å². The van der Waals surface area contributed by atoms with Gasteiger partial charge in [-0.2, -0.15) is 0 Å². The molecule has 0 radical (unpaired) electrons. The predicted molar refractivity (Wildman–Crippen MR) is 66.8 cm³/mol. The first kappa shape index (κ1) is 13.9. The standard InChI is InChI=1S/C14H17F2NO2/c1-8-5-10(12(16)6-11(8)15)14(19)17-13-4-2-3-9(13)7-18/h5-6,9,13,18H,2-4,7H2,1H3,(H,17,19). The SMILES string of the molecule is Cc1cc(C(=O)NC2CCCC2CO)c(F)cc1F. The van der Waals surface area contributed by atoms with E-state index in [2.05, 4.69) is 5.32 Å². The molecule has 2 atom stereocenters. The molecule has 1 aromatic carbocycles. The number of halogens is 2. The Balaban J connectivity index is 2.14. The van der Waals surface area contributed by atoms with Crippen LogP contribution >= 0.6 is 0 Å². The molecule has 3 nitrogen and oxygen atoms in total. The summed E-state index contributed by atoms with van der Waals surface area (Å²) in [4.78, 5) is 12.0. The third kappa shape index (κ3) is 2.92. The van der Waals surface area contributed by atoms with Crippen LogP contribution < -0.4 is 5.32 Å². The van der Waals surface area contributed by atoms with Crippen LogP contribution in [0.4, 0.5) is 8.78 Å². The summed E-state index contributed by atoms with van der Waals surface area (Å²) in [5, 5.41) is 11.9. The van der Waals surface area contributed by atoms with Crippen LogP contribution in [0.5, 0.6) is 0 Å². The highest BCUT2D eigenvalue weighted by Gasteiger charge is 2.28. The Morgan fingerprint density at radius 2 is 2.11 bits per heavy atom. The number of aryl methyl sites for hydroxylation is 1. The molecule has 1 fully saturated rings. The first-order chi connectivity index (χ1) is 9.02. The maximum atomic E-state index is 13.6. The average molecular weight is 269 g/mol. The van der Waals surface area contributed by atoms with E-state index >= 15 is 0 Å². The van der Waals surface area contributed by atoms with Gasteiger partial charge in [-0.3, -0.25) is 4.79 Å². The van der Waals surface area contributed by atoms with Gasteiger partial charge < -0.3 is 10.4 Å². The molecule has 1 amide bonds. The van der Waals surface area contributed by atoms with Gasteiger partial charge in [0.15, 0.2) is 0 Å². The number of hydrogen-bond donors (Lipinski definition) is 2. The number of amides is 1. The molecule has 0 aliphatic heterocycles. The number of benzene rings is 1. The average Bonchev–Trinajstić information content (AvgIpc) is 2.80. The zero-order chi connectivity index (χ0) is 14.0. The first-order valence-electron chi connectivity index (χ1n) is 6.40. The highest BCUT2D eigenvalue weighted by atomic mass is 19.1. The first-order valence-corrected chi connectivity index (χ1v) is 6.40. The lowest BCUT2D eigenvalue weighted by Crippen LogP contribution is -2.39. The normalized spacial score (nSPS) is 22.5. The minimum absolute atomic E-state index is 0.00980. The fraction of sp³-hybridized carbons (Fsp3) is 0.500. The monoisotopic (exact) mass is 269 g/mol. The minimum atomic E-state index is -0.862. The smallest absolute Gasteiger partial charge is 0.254 e. The number of aliphatic hydroxyl groups excluding tert-OH is 1. The van der Waals surface area contributed by atoms with Crippen molar-refractivity contribution in [2.45, 2.75) is 32.2 Å². The molecule has 0 bridgehead atoms. The van der Waals surface area contributed by atoms with Gasteiger partial charge in [0.2, 0.25) is 0 Å². The molecule has 1 aromatic rings. The van der Waals surface area contributed by atoms with Crippen molar-refractivity contribution in [2.75, 3.05) is 6.61 Å². The molecule has 0 heterocycles. The van der Waals surface area contributed by atoms with Crippen molar-refractivity contribution in [1.82, 2.24) is 5.32 Å². The third-order valence-electron chi connectivity index (χ3n) is 3.70. The molecule has 104 valence electrons. The Bertz CT molecular complexity index is 491. The molecule has 2 rings (SSSR count). The van der Waals surface area contributed by atoms with Gasteiger partial charge in [0.25, 0.3) is 5.91 Å². The van der Waals surface area contributed by atoms with E-state index in [1.807, 2.05) is 0 Å². The minimum Gasteiger partial charge on any atom is -0.396 e. The zero-order valence-corrected chi connectivity index (χ0v) is 10.7. The van der Waals surface area contributed by atoms with E-state index in [-0.39, 0.29) is 29.7 Å². The molecular weight excluding hydrogens is 252 g/mol. The van der Waals surface area contributed by atoms with Crippen molar-refractivity contribution >= 4 is 5.91 Å². The molecule has 1 saturated carbocycles. The Morgan fingerprint density at radius 3 is 2.79 bits per heavy atom. The second kappa shape index (κ2) is 5.65. The van der Waals surface area contributed by atoms with Crippen LogP contribution in [-0.2, 0) is 0 Å². The summed E-state index contributed by atoms with van der Waals surface area (Å²) in [6.07, 6.45) is 2.56. The molecule has 5 heteroatoms. The topological polar surface area (TPSA) is 49.3 Å². The second-order valence-corrected chi connectivity index (χ2v) is 5.03. The highest BCUT2D eigenvalue weighted by Crippen LogP contribution is 2.25. The van der Waals surface area contributed by atoms with Gasteiger partial charge in [-0.15, -0.1) is 0 Å². The Kier molecular flexibility index (Phi) is 4.14. The predicted octanol–water partition coefficient (Wildman–Crippen LogP) is 2.16. The van der Waals surface area contributed by atoms with Gasteiger partial charge in [-0.25, -0.2) is 8.78 Å². The summed E-state index contributed by atoms with van der Waals surface area (Å²) in [5.74, 6) is -2.05. The molecule has 0 saturated heterocycles. The van der Waals surface area contributed by atoms with E-state index in [1.165, 1.54) is 13.0 Å². The van der Waals surface area contributed by atoms with E-state index in [9.17, 15) is 18.7 Å². The molecular formula is C14H17F2NO2. The van der Waals surface area contributed by atoms with Gasteiger partial charge in [-0.1, -0.05) is 6.42 Å². The molecule has 0 aromatic heterocycles. The lowest BCUT2D eigenvalue weighted by atomic mass is 10.0. The number of hydrogen-bond acceptors (Lipinski definition) is 2. The number of nitrogens with one attached hydrogen (secondary N) is 1. The van der Waals surface area contributed by atoms with Gasteiger partial charge in [0, 0.05) is 24.6 Å². The van der Waals surface area contributed by atoms with Crippen LogP contribution in [0.2, 0.25) is 0 Å². The summed E-state index contributed by atoms with van der Waals surface area (Å²) >= 11 is 0. The Labute approximate surface area is 110 Å². The van der Waals surface area contributed by atoms with Crippen LogP contribution in [0.15, 0.2) is 12.1 Å². The lowest BCUT2D eigenvalue weighted by molar-refractivity contribution is 0.0912. The summed E-state index contributed by atoms with van der Waals surface area (Å²) in [5.41, 5.74) is 0.0826. The number of rotatable bonds is 3. The number of carbonyl (C=O) groups excluding carboxylic acids is 1. The van der Waals surface area contributed by atoms with Crippen LogP contribution in [0.3, 0.4) is 0 Å². The summed E-state index contributed by atoms with van der Waals surface area (Å²) in [7, 11) is 0. The maximum absolute atomic E-state index is 13.6. The third-order valence-corrected chi connectivity index (χ3v) is 3.70. The van der Waals surface area contributed by atoms with E-state index in [0.717, 1.165) is 25.3 Å². The van der Waals surface area contributed by atoms with Gasteiger partial charge in [0.1, 0.15) is 11.6 Å². The van der Waals surface area contributed by atoms with Crippen molar-refractivity contribution in [3.05, 3.63) is 34.9 Å².